The molecule has 0 radical (unpaired) electrons. The molecule has 3 rings (SSSR count). The zero-order chi connectivity index (χ0) is 32.6. The molecule has 0 bridgehead atoms. The van der Waals surface area contributed by atoms with Crippen molar-refractivity contribution in [2.24, 2.45) is 0 Å². The van der Waals surface area contributed by atoms with Crippen molar-refractivity contribution < 1.29 is 32.2 Å². The second kappa shape index (κ2) is 15.6. The van der Waals surface area contributed by atoms with Crippen molar-refractivity contribution in [3.05, 3.63) is 75.2 Å². The number of anilines is 1. The molecule has 0 saturated carbocycles. The summed E-state index contributed by atoms with van der Waals surface area (Å²) in [6, 6.07) is 12.3. The van der Waals surface area contributed by atoms with Crippen molar-refractivity contribution in [2.45, 2.75) is 37.8 Å². The van der Waals surface area contributed by atoms with Crippen molar-refractivity contribution in [1.82, 2.24) is 10.2 Å². The Balaban J connectivity index is 2.19. The molecule has 0 aliphatic heterocycles. The van der Waals surface area contributed by atoms with E-state index in [0.29, 0.717) is 22.9 Å². The number of nitrogens with one attached hydrogen (secondary N) is 1. The Morgan fingerprint density at radius 3 is 2.05 bits per heavy atom. The standard InChI is InChI=1S/C30H34Cl3N3O7S/c1-6-24(30(38)34-7-2)35(17-19-8-9-20(31)14-23(19)33)29(37)18-36(25-15-21(32)10-12-26(25)41-3)44(39,40)22-11-13-27(42-4)28(16-22)43-5/h8-16,24H,6-7,17-18H2,1-5H3,(H,34,38)/t24-/m0/s1. The van der Waals surface area contributed by atoms with Crippen LogP contribution in [0.5, 0.6) is 17.2 Å². The number of ether oxygens (including phenoxy) is 3. The van der Waals surface area contributed by atoms with Crippen LogP contribution in [-0.4, -0.2) is 65.6 Å². The zero-order valence-corrected chi connectivity index (χ0v) is 28.0. The van der Waals surface area contributed by atoms with Gasteiger partial charge < -0.3 is 24.4 Å². The van der Waals surface area contributed by atoms with Gasteiger partial charge in [-0.2, -0.15) is 0 Å². The summed E-state index contributed by atoms with van der Waals surface area (Å²) in [5, 5.41) is 3.64. The Labute approximate surface area is 272 Å². The van der Waals surface area contributed by atoms with Crippen molar-refractivity contribution in [2.75, 3.05) is 38.7 Å². The number of sulfonamides is 1. The maximum atomic E-state index is 14.3. The van der Waals surface area contributed by atoms with E-state index >= 15 is 0 Å². The number of carbonyl (C=O) groups excluding carboxylic acids is 2. The SMILES string of the molecule is CCNC(=O)[C@H](CC)N(Cc1ccc(Cl)cc1Cl)C(=O)CN(c1cc(Cl)ccc1OC)S(=O)(=O)c1ccc(OC)c(OC)c1. The second-order valence-corrected chi connectivity index (χ2v) is 12.6. The molecule has 0 spiro atoms. The van der Waals surface area contributed by atoms with E-state index in [1.165, 1.54) is 68.7 Å². The highest BCUT2D eigenvalue weighted by atomic mass is 35.5. The second-order valence-electron chi connectivity index (χ2n) is 9.42. The number of benzene rings is 3. The van der Waals surface area contributed by atoms with Gasteiger partial charge in [0.25, 0.3) is 10.0 Å². The molecule has 44 heavy (non-hydrogen) atoms. The first kappa shape index (κ1) is 35.1. The van der Waals surface area contributed by atoms with Crippen molar-refractivity contribution in [1.29, 1.82) is 0 Å². The normalized spacial score (nSPS) is 11.8. The van der Waals surface area contributed by atoms with E-state index in [-0.39, 0.29) is 45.1 Å². The fourth-order valence-corrected chi connectivity index (χ4v) is 6.59. The van der Waals surface area contributed by atoms with E-state index in [0.717, 1.165) is 4.31 Å². The topological polar surface area (TPSA) is 114 Å². The van der Waals surface area contributed by atoms with E-state index in [1.807, 2.05) is 0 Å². The van der Waals surface area contributed by atoms with Crippen LogP contribution in [0.25, 0.3) is 0 Å². The van der Waals surface area contributed by atoms with E-state index in [9.17, 15) is 18.0 Å². The van der Waals surface area contributed by atoms with Crippen LogP contribution in [0, 0.1) is 0 Å². The summed E-state index contributed by atoms with van der Waals surface area (Å²) in [5.41, 5.74) is 0.528. The Bertz CT molecular complexity index is 1600. The molecule has 0 aliphatic carbocycles. The lowest BCUT2D eigenvalue weighted by Gasteiger charge is -2.33. The van der Waals surface area contributed by atoms with Crippen LogP contribution < -0.4 is 23.8 Å². The molecule has 10 nitrogen and oxygen atoms in total. The van der Waals surface area contributed by atoms with Crippen molar-refractivity contribution in [3.8, 4) is 17.2 Å². The largest absolute Gasteiger partial charge is 0.495 e. The van der Waals surface area contributed by atoms with Crippen molar-refractivity contribution in [3.63, 3.8) is 0 Å². The molecule has 3 aromatic rings. The highest BCUT2D eigenvalue weighted by Gasteiger charge is 2.35. The van der Waals surface area contributed by atoms with Gasteiger partial charge >= 0.3 is 0 Å². The van der Waals surface area contributed by atoms with Gasteiger partial charge in [0.1, 0.15) is 18.3 Å². The molecule has 0 aromatic heterocycles. The monoisotopic (exact) mass is 685 g/mol. The molecule has 3 aromatic carbocycles. The Morgan fingerprint density at radius 2 is 1.45 bits per heavy atom. The average molecular weight is 687 g/mol. The number of rotatable bonds is 14. The van der Waals surface area contributed by atoms with Gasteiger partial charge in [-0.15, -0.1) is 0 Å². The summed E-state index contributed by atoms with van der Waals surface area (Å²) in [6.45, 7) is 3.03. The minimum absolute atomic E-state index is 0.0127. The molecule has 1 atom stereocenters. The lowest BCUT2D eigenvalue weighted by Crippen LogP contribution is -2.52. The highest BCUT2D eigenvalue weighted by Crippen LogP contribution is 2.37. The summed E-state index contributed by atoms with van der Waals surface area (Å²) < 4.78 is 45.6. The van der Waals surface area contributed by atoms with Crippen LogP contribution in [0.1, 0.15) is 25.8 Å². The van der Waals surface area contributed by atoms with Crippen molar-refractivity contribution >= 4 is 62.3 Å². The number of hydrogen-bond donors (Lipinski definition) is 1. The van der Waals surface area contributed by atoms with Gasteiger partial charge in [0.15, 0.2) is 11.5 Å². The quantitative estimate of drug-likeness (QED) is 0.228. The number of likely N-dealkylation sites (N-methyl/N-ethyl adjacent to an activating group) is 1. The van der Waals surface area contributed by atoms with Crippen LogP contribution >= 0.6 is 34.8 Å². The van der Waals surface area contributed by atoms with Gasteiger partial charge in [0, 0.05) is 34.2 Å². The molecule has 0 aliphatic rings. The molecule has 2 amide bonds. The summed E-state index contributed by atoms with van der Waals surface area (Å²) in [4.78, 5) is 28.5. The van der Waals surface area contributed by atoms with Gasteiger partial charge in [-0.25, -0.2) is 8.42 Å². The van der Waals surface area contributed by atoms with Crippen LogP contribution in [0.4, 0.5) is 5.69 Å². The van der Waals surface area contributed by atoms with E-state index in [1.54, 1.807) is 26.0 Å². The third-order valence-corrected chi connectivity index (χ3v) is 9.30. The van der Waals surface area contributed by atoms with Gasteiger partial charge in [0.05, 0.1) is 31.9 Å². The van der Waals surface area contributed by atoms with E-state index in [2.05, 4.69) is 5.32 Å². The fraction of sp³-hybridized carbons (Fsp3) is 0.333. The number of nitrogens with zero attached hydrogens (tertiary/aromatic N) is 2. The first-order valence-electron chi connectivity index (χ1n) is 13.5. The molecular weight excluding hydrogens is 653 g/mol. The van der Waals surface area contributed by atoms with Gasteiger partial charge in [-0.1, -0.05) is 47.8 Å². The van der Waals surface area contributed by atoms with Gasteiger partial charge in [-0.05, 0) is 61.4 Å². The van der Waals surface area contributed by atoms with Gasteiger partial charge in [0.2, 0.25) is 11.8 Å². The van der Waals surface area contributed by atoms with E-state index in [4.69, 9.17) is 49.0 Å². The molecule has 1 N–H and O–H groups in total. The zero-order valence-electron chi connectivity index (χ0n) is 24.9. The lowest BCUT2D eigenvalue weighted by molar-refractivity contribution is -0.140. The molecule has 0 unspecified atom stereocenters. The average Bonchev–Trinajstić information content (AvgIpc) is 3.00. The molecule has 238 valence electrons. The third kappa shape index (κ3) is 8.01. The third-order valence-electron chi connectivity index (χ3n) is 6.72. The fourth-order valence-electron chi connectivity index (χ4n) is 4.52. The summed E-state index contributed by atoms with van der Waals surface area (Å²) in [7, 11) is -0.302. The molecular formula is C30H34Cl3N3O7S. The van der Waals surface area contributed by atoms with Crippen LogP contribution in [0.2, 0.25) is 15.1 Å². The van der Waals surface area contributed by atoms with Crippen LogP contribution in [0.15, 0.2) is 59.5 Å². The number of hydrogen-bond acceptors (Lipinski definition) is 7. The van der Waals surface area contributed by atoms with Crippen LogP contribution in [0.3, 0.4) is 0 Å². The number of halogens is 3. The first-order chi connectivity index (χ1) is 20.9. The highest BCUT2D eigenvalue weighted by molar-refractivity contribution is 7.92. The molecule has 0 heterocycles. The maximum Gasteiger partial charge on any atom is 0.265 e. The number of carbonyl (C=O) groups is 2. The first-order valence-corrected chi connectivity index (χ1v) is 16.1. The van der Waals surface area contributed by atoms with Gasteiger partial charge in [-0.3, -0.25) is 13.9 Å². The molecule has 14 heteroatoms. The van der Waals surface area contributed by atoms with E-state index < -0.39 is 34.4 Å². The Hall–Kier alpha value is -3.38. The summed E-state index contributed by atoms with van der Waals surface area (Å²) >= 11 is 18.8. The number of methoxy groups -OCH3 is 3. The predicted octanol–water partition coefficient (Wildman–Crippen LogP) is 5.81. The Kier molecular flexibility index (Phi) is 12.4. The summed E-state index contributed by atoms with van der Waals surface area (Å²) in [6.07, 6.45) is 0.242. The predicted molar refractivity (Wildman–Crippen MR) is 172 cm³/mol. The van der Waals surface area contributed by atoms with Crippen LogP contribution in [-0.2, 0) is 26.2 Å². The molecule has 0 fully saturated rings. The lowest BCUT2D eigenvalue weighted by atomic mass is 10.1. The smallest absolute Gasteiger partial charge is 0.265 e. The maximum absolute atomic E-state index is 14.3. The minimum atomic E-state index is -4.47. The summed E-state index contributed by atoms with van der Waals surface area (Å²) in [5.74, 6) is -0.454. The minimum Gasteiger partial charge on any atom is -0.495 e. The number of amides is 2. The molecule has 0 saturated heterocycles. The Morgan fingerprint density at radius 1 is 0.841 bits per heavy atom.